The zero-order valence-corrected chi connectivity index (χ0v) is 18.8. The van der Waals surface area contributed by atoms with Crippen molar-refractivity contribution < 1.29 is 13.9 Å². The van der Waals surface area contributed by atoms with Crippen LogP contribution in [0.25, 0.3) is 21.9 Å². The molecule has 0 amide bonds. The molecule has 33 heavy (non-hydrogen) atoms. The van der Waals surface area contributed by atoms with Gasteiger partial charge in [-0.05, 0) is 55.0 Å². The lowest BCUT2D eigenvalue weighted by Gasteiger charge is -2.36. The lowest BCUT2D eigenvalue weighted by atomic mass is 10.1. The van der Waals surface area contributed by atoms with E-state index in [2.05, 4.69) is 21.9 Å². The predicted molar refractivity (Wildman–Crippen MR) is 132 cm³/mol. The van der Waals surface area contributed by atoms with Crippen molar-refractivity contribution in [3.05, 3.63) is 77.0 Å². The summed E-state index contributed by atoms with van der Waals surface area (Å²) >= 11 is 0. The second-order valence-electron chi connectivity index (χ2n) is 8.29. The Labute approximate surface area is 192 Å². The fourth-order valence-corrected chi connectivity index (χ4v) is 4.40. The summed E-state index contributed by atoms with van der Waals surface area (Å²) in [5.41, 5.74) is 2.32. The number of anilines is 1. The molecule has 1 fully saturated rings. The second-order valence-corrected chi connectivity index (χ2v) is 8.29. The highest BCUT2D eigenvalue weighted by Crippen LogP contribution is 2.27. The first-order valence-corrected chi connectivity index (χ1v) is 11.4. The fourth-order valence-electron chi connectivity index (χ4n) is 4.40. The summed E-state index contributed by atoms with van der Waals surface area (Å²) in [7, 11) is 1.69. The Morgan fingerprint density at radius 2 is 1.64 bits per heavy atom. The Kier molecular flexibility index (Phi) is 6.17. The molecule has 1 aliphatic heterocycles. The molecule has 6 nitrogen and oxygen atoms in total. The predicted octanol–water partition coefficient (Wildman–Crippen LogP) is 4.55. The zero-order chi connectivity index (χ0) is 22.6. The molecule has 0 bridgehead atoms. The average molecular weight is 445 g/mol. The number of piperazine rings is 1. The maximum atomic E-state index is 12.8. The van der Waals surface area contributed by atoms with Crippen LogP contribution in [0.4, 0.5) is 5.69 Å². The van der Waals surface area contributed by atoms with Crippen molar-refractivity contribution in [2.24, 2.45) is 0 Å². The Hall–Kier alpha value is -3.51. The molecule has 0 N–H and O–H groups in total. The largest absolute Gasteiger partial charge is 0.497 e. The Balaban J connectivity index is 1.15. The molecule has 2 heterocycles. The van der Waals surface area contributed by atoms with Gasteiger partial charge in [0.25, 0.3) is 0 Å². The Morgan fingerprint density at radius 3 is 2.42 bits per heavy atom. The highest BCUT2D eigenvalue weighted by Gasteiger charge is 2.17. The highest BCUT2D eigenvalue weighted by atomic mass is 16.5. The van der Waals surface area contributed by atoms with E-state index < -0.39 is 0 Å². The van der Waals surface area contributed by atoms with Crippen molar-refractivity contribution in [3.8, 4) is 11.5 Å². The molecule has 1 aliphatic rings. The number of hydrogen-bond acceptors (Lipinski definition) is 6. The van der Waals surface area contributed by atoms with Crippen molar-refractivity contribution in [1.82, 2.24) is 4.90 Å². The van der Waals surface area contributed by atoms with Crippen molar-refractivity contribution in [2.45, 2.75) is 6.42 Å². The van der Waals surface area contributed by atoms with Crippen LogP contribution in [0.1, 0.15) is 6.42 Å². The Morgan fingerprint density at radius 1 is 0.879 bits per heavy atom. The molecule has 0 aliphatic carbocycles. The van der Waals surface area contributed by atoms with Crippen LogP contribution in [-0.4, -0.2) is 51.3 Å². The molecule has 0 spiro atoms. The third kappa shape index (κ3) is 4.52. The van der Waals surface area contributed by atoms with Gasteiger partial charge in [-0.3, -0.25) is 9.69 Å². The van der Waals surface area contributed by atoms with E-state index in [4.69, 9.17) is 13.9 Å². The highest BCUT2D eigenvalue weighted by molar-refractivity contribution is 5.92. The molecule has 5 rings (SSSR count). The lowest BCUT2D eigenvalue weighted by Crippen LogP contribution is -2.46. The van der Waals surface area contributed by atoms with E-state index in [1.54, 1.807) is 19.2 Å². The van der Waals surface area contributed by atoms with Gasteiger partial charge in [0.05, 0.1) is 24.5 Å². The molecule has 170 valence electrons. The zero-order valence-electron chi connectivity index (χ0n) is 18.8. The maximum Gasteiger partial charge on any atom is 0.200 e. The van der Waals surface area contributed by atoms with Gasteiger partial charge in [0.1, 0.15) is 11.3 Å². The third-order valence-electron chi connectivity index (χ3n) is 6.25. The molecular formula is C27H28N2O4. The van der Waals surface area contributed by atoms with Crippen molar-refractivity contribution in [1.29, 1.82) is 0 Å². The van der Waals surface area contributed by atoms with Crippen LogP contribution < -0.4 is 19.8 Å². The number of fused-ring (bicyclic) bond motifs is 2. The summed E-state index contributed by atoms with van der Waals surface area (Å²) in [5, 5.41) is 1.15. The first-order valence-electron chi connectivity index (χ1n) is 11.4. The molecule has 3 aromatic carbocycles. The first-order chi connectivity index (χ1) is 16.2. The smallest absolute Gasteiger partial charge is 0.200 e. The first kappa shape index (κ1) is 21.3. The number of rotatable bonds is 7. The van der Waals surface area contributed by atoms with Crippen molar-refractivity contribution in [2.75, 3.05) is 51.3 Å². The van der Waals surface area contributed by atoms with E-state index in [9.17, 15) is 4.79 Å². The molecule has 0 unspecified atom stereocenters. The van der Waals surface area contributed by atoms with Gasteiger partial charge < -0.3 is 18.8 Å². The van der Waals surface area contributed by atoms with Gasteiger partial charge in [-0.1, -0.05) is 18.2 Å². The van der Waals surface area contributed by atoms with E-state index in [0.29, 0.717) is 34.3 Å². The summed E-state index contributed by atoms with van der Waals surface area (Å²) in [5.74, 6) is 1.51. The molecule has 6 heteroatoms. The lowest BCUT2D eigenvalue weighted by molar-refractivity contribution is 0.225. The quantitative estimate of drug-likeness (QED) is 0.308. The van der Waals surface area contributed by atoms with Crippen molar-refractivity contribution >= 4 is 27.6 Å². The number of methoxy groups -OCH3 is 1. The number of ether oxygens (including phenoxy) is 2. The van der Waals surface area contributed by atoms with Crippen LogP contribution in [0.3, 0.4) is 0 Å². The van der Waals surface area contributed by atoms with Crippen LogP contribution in [0.2, 0.25) is 0 Å². The van der Waals surface area contributed by atoms with E-state index in [-0.39, 0.29) is 5.43 Å². The van der Waals surface area contributed by atoms with Crippen LogP contribution >= 0.6 is 0 Å². The van der Waals surface area contributed by atoms with Crippen LogP contribution in [0.5, 0.6) is 11.5 Å². The van der Waals surface area contributed by atoms with Gasteiger partial charge >= 0.3 is 0 Å². The number of nitrogens with zero attached hydrogens (tertiary/aromatic N) is 2. The van der Waals surface area contributed by atoms with Crippen molar-refractivity contribution in [3.63, 3.8) is 0 Å². The Bertz CT molecular complexity index is 1290. The maximum absolute atomic E-state index is 12.8. The normalized spacial score (nSPS) is 14.6. The summed E-state index contributed by atoms with van der Waals surface area (Å²) in [4.78, 5) is 17.7. The van der Waals surface area contributed by atoms with Crippen LogP contribution in [-0.2, 0) is 0 Å². The van der Waals surface area contributed by atoms with E-state index in [1.807, 2.05) is 42.5 Å². The number of benzene rings is 3. The standard InChI is InChI=1S/C27H28N2O4/c1-31-21-12-10-20(11-13-21)29-17-15-28(16-18-29)14-5-19-32-25-9-4-7-23-26(30)22-6-2-3-8-24(22)33-27(23)25/h2-4,6-13H,5,14-19H2,1H3. The number of hydrogen-bond donors (Lipinski definition) is 0. The van der Waals surface area contributed by atoms with E-state index in [0.717, 1.165) is 44.9 Å². The molecule has 1 aromatic heterocycles. The van der Waals surface area contributed by atoms with Gasteiger partial charge in [0.15, 0.2) is 11.3 Å². The van der Waals surface area contributed by atoms with Gasteiger partial charge in [0.2, 0.25) is 5.43 Å². The van der Waals surface area contributed by atoms with Gasteiger partial charge in [-0.2, -0.15) is 0 Å². The molecule has 0 saturated carbocycles. The fraction of sp³-hybridized carbons (Fsp3) is 0.296. The van der Waals surface area contributed by atoms with E-state index >= 15 is 0 Å². The molecule has 4 aromatic rings. The van der Waals surface area contributed by atoms with Gasteiger partial charge in [-0.25, -0.2) is 0 Å². The van der Waals surface area contributed by atoms with Gasteiger partial charge in [-0.15, -0.1) is 0 Å². The minimum absolute atomic E-state index is 0.0213. The number of para-hydroxylation sites is 2. The molecule has 0 radical (unpaired) electrons. The second kappa shape index (κ2) is 9.55. The van der Waals surface area contributed by atoms with E-state index in [1.165, 1.54) is 5.69 Å². The molecule has 0 atom stereocenters. The third-order valence-corrected chi connectivity index (χ3v) is 6.25. The van der Waals surface area contributed by atoms with Crippen LogP contribution in [0, 0.1) is 0 Å². The summed E-state index contributed by atoms with van der Waals surface area (Å²) in [6, 6.07) is 21.1. The van der Waals surface area contributed by atoms with Gasteiger partial charge in [0, 0.05) is 38.4 Å². The molecule has 1 saturated heterocycles. The van der Waals surface area contributed by atoms with Crippen LogP contribution in [0.15, 0.2) is 75.9 Å². The summed E-state index contributed by atoms with van der Waals surface area (Å²) in [6.45, 7) is 5.63. The molecular weight excluding hydrogens is 416 g/mol. The minimum atomic E-state index is -0.0213. The summed E-state index contributed by atoms with van der Waals surface area (Å²) in [6.07, 6.45) is 0.913. The topological polar surface area (TPSA) is 55.2 Å². The minimum Gasteiger partial charge on any atom is -0.497 e. The summed E-state index contributed by atoms with van der Waals surface area (Å²) < 4.78 is 17.3. The monoisotopic (exact) mass is 444 g/mol. The SMILES string of the molecule is COc1ccc(N2CCN(CCCOc3cccc4c(=O)c5ccccc5oc34)CC2)cc1. The average Bonchev–Trinajstić information content (AvgIpc) is 2.87.